The van der Waals surface area contributed by atoms with Crippen molar-refractivity contribution in [2.24, 2.45) is 14.1 Å². The molecule has 0 spiro atoms. The van der Waals surface area contributed by atoms with Gasteiger partial charge < -0.3 is 22.1 Å². The number of nitrogens with zero attached hydrogens (tertiary/aromatic N) is 15. The van der Waals surface area contributed by atoms with Crippen LogP contribution in [0.25, 0.3) is 44.6 Å². The first-order chi connectivity index (χ1) is 30.9. The highest BCUT2D eigenvalue weighted by molar-refractivity contribution is 5.86. The van der Waals surface area contributed by atoms with Crippen molar-refractivity contribution in [2.45, 2.75) is 63.7 Å². The minimum absolute atomic E-state index is 0.0982. The molecule has 0 amide bonds. The molecule has 21 nitrogen and oxygen atoms in total. The van der Waals surface area contributed by atoms with Gasteiger partial charge in [0.25, 0.3) is 11.1 Å². The van der Waals surface area contributed by atoms with E-state index in [1.807, 2.05) is 19.9 Å². The van der Waals surface area contributed by atoms with Crippen LogP contribution in [0.5, 0.6) is 0 Å². The summed E-state index contributed by atoms with van der Waals surface area (Å²) < 4.78 is 5.07. The third-order valence-electron chi connectivity index (χ3n) is 10.8. The molecule has 2 fully saturated rings. The molecule has 21 heteroatoms. The Morgan fingerprint density at radius 1 is 0.688 bits per heavy atom. The fourth-order valence-electron chi connectivity index (χ4n) is 7.58. The van der Waals surface area contributed by atoms with E-state index in [0.717, 1.165) is 25.7 Å². The lowest BCUT2D eigenvalue weighted by molar-refractivity contribution is 0.609. The number of anilines is 4. The van der Waals surface area contributed by atoms with Crippen LogP contribution in [0.2, 0.25) is 0 Å². The van der Waals surface area contributed by atoms with Gasteiger partial charge in [-0.3, -0.25) is 23.4 Å². The molecule has 2 saturated carbocycles. The molecule has 0 aliphatic heterocycles. The molecule has 64 heavy (non-hydrogen) atoms. The standard InChI is InChI=1S/C22H21N9O.C21H20N10O/c1-4-13-6-5-7-15-16(13)22(32)31(14-8-9-14)21(28-15)12(2)27-19-17(18(23)24-10-25-19)20-26-11-30(3)29-20;1-4-12-6-5-7-14-15(12)21(32)31(13-8-9-13)20(26-14)11(2)25-18-16(17(22)23-10-24-18)19-27-29-30(3)28-19/h1,5-7,10-12,14H,8-9H2,2-3H3,(H3,23,24,25,27);1,5-7,10-11,13H,8-9H2,2-3H3,(H3,22,23,24,25)/t12-;11-/m00/s1. The number of hydrogen-bond acceptors (Lipinski definition) is 17. The molecule has 2 atom stereocenters. The zero-order valence-corrected chi connectivity index (χ0v) is 35.2. The Kier molecular flexibility index (Phi) is 10.4. The van der Waals surface area contributed by atoms with E-state index in [1.54, 1.807) is 64.6 Å². The highest BCUT2D eigenvalue weighted by Gasteiger charge is 2.33. The summed E-state index contributed by atoms with van der Waals surface area (Å²) in [7, 11) is 3.42. The summed E-state index contributed by atoms with van der Waals surface area (Å²) >= 11 is 0. The first-order valence-electron chi connectivity index (χ1n) is 20.3. The molecule has 6 heterocycles. The van der Waals surface area contributed by atoms with Gasteiger partial charge >= 0.3 is 0 Å². The van der Waals surface area contributed by atoms with E-state index in [0.29, 0.717) is 79.0 Å². The van der Waals surface area contributed by atoms with Crippen molar-refractivity contribution in [1.82, 2.24) is 74.0 Å². The average molecular weight is 856 g/mol. The van der Waals surface area contributed by atoms with E-state index in [-0.39, 0.29) is 46.9 Å². The normalized spacial score (nSPS) is 14.3. The minimum Gasteiger partial charge on any atom is -0.383 e. The number of tetrazole rings is 1. The Morgan fingerprint density at radius 3 is 1.58 bits per heavy atom. The molecule has 0 radical (unpaired) electrons. The van der Waals surface area contributed by atoms with Crippen LogP contribution in [-0.4, -0.2) is 74.0 Å². The summed E-state index contributed by atoms with van der Waals surface area (Å²) in [6.07, 6.45) is 19.3. The molecular formula is C43H41N19O2. The predicted molar refractivity (Wildman–Crippen MR) is 239 cm³/mol. The summed E-state index contributed by atoms with van der Waals surface area (Å²) in [6.45, 7) is 3.83. The number of benzene rings is 2. The van der Waals surface area contributed by atoms with Gasteiger partial charge in [0.2, 0.25) is 5.82 Å². The average Bonchev–Trinajstić information content (AvgIpc) is 4.22. The molecule has 8 aromatic rings. The third kappa shape index (κ3) is 7.55. The van der Waals surface area contributed by atoms with E-state index in [2.05, 4.69) is 67.9 Å². The molecule has 2 aliphatic carbocycles. The Labute approximate surface area is 364 Å². The summed E-state index contributed by atoms with van der Waals surface area (Å²) in [6, 6.07) is 10.2. The second-order valence-electron chi connectivity index (χ2n) is 15.5. The van der Waals surface area contributed by atoms with Gasteiger partial charge in [0.1, 0.15) is 65.0 Å². The molecule has 2 aromatic carbocycles. The molecule has 0 unspecified atom stereocenters. The van der Waals surface area contributed by atoms with Gasteiger partial charge in [-0.25, -0.2) is 34.9 Å². The van der Waals surface area contributed by atoms with Gasteiger partial charge in [0.05, 0.1) is 40.9 Å². The number of rotatable bonds is 10. The smallest absolute Gasteiger partial charge is 0.262 e. The Morgan fingerprint density at radius 2 is 1.17 bits per heavy atom. The predicted octanol–water partition coefficient (Wildman–Crippen LogP) is 3.50. The van der Waals surface area contributed by atoms with E-state index < -0.39 is 0 Å². The fourth-order valence-corrected chi connectivity index (χ4v) is 7.58. The number of nitrogens with two attached hydrogens (primary N) is 2. The zero-order chi connectivity index (χ0) is 44.8. The number of aryl methyl sites for hydroxylation is 2. The monoisotopic (exact) mass is 855 g/mol. The second kappa shape index (κ2) is 16.4. The van der Waals surface area contributed by atoms with Crippen molar-refractivity contribution < 1.29 is 0 Å². The Balaban J connectivity index is 0.000000162. The lowest BCUT2D eigenvalue weighted by Gasteiger charge is -2.21. The number of terminal acetylenes is 2. The Hall–Kier alpha value is -8.59. The number of nitrogen functional groups attached to an aromatic ring is 2. The van der Waals surface area contributed by atoms with Gasteiger partial charge in [0.15, 0.2) is 5.82 Å². The largest absolute Gasteiger partial charge is 0.383 e. The maximum absolute atomic E-state index is 13.4. The minimum atomic E-state index is -0.382. The van der Waals surface area contributed by atoms with Crippen molar-refractivity contribution in [3.05, 3.63) is 98.9 Å². The van der Waals surface area contributed by atoms with Crippen molar-refractivity contribution in [1.29, 1.82) is 0 Å². The SMILES string of the molecule is C#Cc1cccc2nc([C@H](C)Nc3ncnc(N)c3-c3ncn(C)n3)n(C3CC3)c(=O)c12.C#Cc1cccc2nc([C@H](C)Nc3ncnc(N)c3-c3nnn(C)n3)n(C3CC3)c(=O)c12. The fraction of sp³-hybridized carbons (Fsp3) is 0.279. The molecule has 0 saturated heterocycles. The topological polar surface area (TPSA) is 272 Å². The van der Waals surface area contributed by atoms with Crippen LogP contribution in [0, 0.1) is 24.7 Å². The van der Waals surface area contributed by atoms with Crippen LogP contribution < -0.4 is 33.2 Å². The first kappa shape index (κ1) is 40.8. The molecule has 6 aromatic heterocycles. The van der Waals surface area contributed by atoms with Crippen LogP contribution in [0.1, 0.15) is 86.5 Å². The number of fused-ring (bicyclic) bond motifs is 2. The highest BCUT2D eigenvalue weighted by Crippen LogP contribution is 2.39. The van der Waals surface area contributed by atoms with Crippen molar-refractivity contribution in [2.75, 3.05) is 22.1 Å². The maximum Gasteiger partial charge on any atom is 0.262 e. The molecule has 2 aliphatic rings. The third-order valence-corrected chi connectivity index (χ3v) is 10.8. The van der Waals surface area contributed by atoms with E-state index in [4.69, 9.17) is 34.3 Å². The Bertz CT molecular complexity index is 3110. The van der Waals surface area contributed by atoms with Crippen LogP contribution in [-0.2, 0) is 14.1 Å². The van der Waals surface area contributed by atoms with Gasteiger partial charge in [0, 0.05) is 30.3 Å². The van der Waals surface area contributed by atoms with Crippen LogP contribution >= 0.6 is 0 Å². The lowest BCUT2D eigenvalue weighted by atomic mass is 10.1. The molecule has 0 bridgehead atoms. The molecule has 320 valence electrons. The van der Waals surface area contributed by atoms with Gasteiger partial charge in [-0.2, -0.15) is 9.90 Å². The number of aromatic nitrogens is 15. The summed E-state index contributed by atoms with van der Waals surface area (Å²) in [4.78, 5) is 59.0. The zero-order valence-electron chi connectivity index (χ0n) is 35.2. The number of nitrogens with one attached hydrogen (secondary N) is 2. The maximum atomic E-state index is 13.4. The molecule has 10 rings (SSSR count). The van der Waals surface area contributed by atoms with Crippen LogP contribution in [0.4, 0.5) is 23.3 Å². The van der Waals surface area contributed by atoms with Crippen LogP contribution in [0.15, 0.2) is 65.0 Å². The first-order valence-corrected chi connectivity index (χ1v) is 20.3. The highest BCUT2D eigenvalue weighted by atomic mass is 16.1. The summed E-state index contributed by atoms with van der Waals surface area (Å²) in [5, 5.41) is 24.0. The summed E-state index contributed by atoms with van der Waals surface area (Å²) in [5.74, 6) is 8.46. The van der Waals surface area contributed by atoms with E-state index in [9.17, 15) is 9.59 Å². The lowest BCUT2D eigenvalue weighted by Crippen LogP contribution is -2.28. The van der Waals surface area contributed by atoms with Crippen molar-refractivity contribution in [3.63, 3.8) is 0 Å². The van der Waals surface area contributed by atoms with Crippen LogP contribution in [0.3, 0.4) is 0 Å². The quantitative estimate of drug-likeness (QED) is 0.143. The second-order valence-corrected chi connectivity index (χ2v) is 15.5. The van der Waals surface area contributed by atoms with E-state index in [1.165, 1.54) is 17.5 Å². The van der Waals surface area contributed by atoms with Gasteiger partial charge in [-0.1, -0.05) is 24.0 Å². The number of hydrogen-bond donors (Lipinski definition) is 4. The van der Waals surface area contributed by atoms with E-state index >= 15 is 0 Å². The molecule has 6 N–H and O–H groups in total. The molecular weight excluding hydrogens is 815 g/mol. The van der Waals surface area contributed by atoms with Gasteiger partial charge in [-0.05, 0) is 69.0 Å². The van der Waals surface area contributed by atoms with Crippen molar-refractivity contribution >= 4 is 45.1 Å². The van der Waals surface area contributed by atoms with Crippen molar-refractivity contribution in [3.8, 4) is 47.5 Å². The van der Waals surface area contributed by atoms with Gasteiger partial charge in [-0.15, -0.1) is 23.0 Å². The summed E-state index contributed by atoms with van der Waals surface area (Å²) in [5.41, 5.74) is 15.1.